The Labute approximate surface area is 71.8 Å². The molecule has 0 aliphatic carbocycles. The maximum atomic E-state index is 5.55. The predicted octanol–water partition coefficient (Wildman–Crippen LogP) is 0.874. The van der Waals surface area contributed by atoms with E-state index in [2.05, 4.69) is 10.3 Å². The first-order chi connectivity index (χ1) is 5.81. The fraction of sp³-hybridized carbons (Fsp3) is 0.444. The van der Waals surface area contributed by atoms with Crippen molar-refractivity contribution in [2.24, 2.45) is 0 Å². The second-order valence-electron chi connectivity index (χ2n) is 3.02. The van der Waals surface area contributed by atoms with E-state index in [-0.39, 0.29) is 5.72 Å². The highest BCUT2D eigenvalue weighted by molar-refractivity contribution is 5.12. The van der Waals surface area contributed by atoms with Gasteiger partial charge in [0.05, 0.1) is 12.3 Å². The van der Waals surface area contributed by atoms with Crippen molar-refractivity contribution in [1.29, 1.82) is 0 Å². The van der Waals surface area contributed by atoms with Gasteiger partial charge in [0.15, 0.2) is 5.72 Å². The lowest BCUT2D eigenvalue weighted by molar-refractivity contribution is -0.00118. The summed E-state index contributed by atoms with van der Waals surface area (Å²) in [6.07, 6.45) is 1.78. The Morgan fingerprint density at radius 3 is 3.08 bits per heavy atom. The highest BCUT2D eigenvalue weighted by atomic mass is 16.5. The van der Waals surface area contributed by atoms with Gasteiger partial charge in [-0.1, -0.05) is 6.07 Å². The summed E-state index contributed by atoms with van der Waals surface area (Å²) in [7, 11) is 0. The molecule has 3 heteroatoms. The molecule has 0 bridgehead atoms. The molecule has 1 unspecified atom stereocenters. The molecular formula is C9H12N2O. The molecule has 1 atom stereocenters. The van der Waals surface area contributed by atoms with Crippen LogP contribution < -0.4 is 5.32 Å². The zero-order valence-corrected chi connectivity index (χ0v) is 7.08. The highest BCUT2D eigenvalue weighted by Gasteiger charge is 2.32. The molecule has 1 aromatic rings. The van der Waals surface area contributed by atoms with Gasteiger partial charge in [-0.2, -0.15) is 0 Å². The number of pyridine rings is 1. The number of ether oxygens (including phenoxy) is 1. The normalized spacial score (nSPS) is 29.1. The van der Waals surface area contributed by atoms with Crippen molar-refractivity contribution in [1.82, 2.24) is 10.3 Å². The lowest BCUT2D eigenvalue weighted by Gasteiger charge is -2.22. The van der Waals surface area contributed by atoms with E-state index >= 15 is 0 Å². The number of nitrogens with zero attached hydrogens (tertiary/aromatic N) is 1. The summed E-state index contributed by atoms with van der Waals surface area (Å²) in [4.78, 5) is 4.24. The molecule has 0 radical (unpaired) electrons. The number of hydrogen-bond donors (Lipinski definition) is 1. The number of nitrogens with one attached hydrogen (secondary N) is 1. The Kier molecular flexibility index (Phi) is 1.83. The maximum Gasteiger partial charge on any atom is 0.159 e. The van der Waals surface area contributed by atoms with Crippen LogP contribution in [0.15, 0.2) is 24.4 Å². The molecule has 64 valence electrons. The van der Waals surface area contributed by atoms with Gasteiger partial charge in [-0.15, -0.1) is 0 Å². The Balaban J connectivity index is 2.29. The fourth-order valence-corrected chi connectivity index (χ4v) is 1.41. The van der Waals surface area contributed by atoms with Gasteiger partial charge >= 0.3 is 0 Å². The molecule has 2 rings (SSSR count). The Bertz CT molecular complexity index is 254. The van der Waals surface area contributed by atoms with Crippen molar-refractivity contribution in [3.63, 3.8) is 0 Å². The van der Waals surface area contributed by atoms with Gasteiger partial charge in [-0.3, -0.25) is 10.3 Å². The second-order valence-corrected chi connectivity index (χ2v) is 3.02. The van der Waals surface area contributed by atoms with Crippen molar-refractivity contribution in [2.45, 2.75) is 12.6 Å². The van der Waals surface area contributed by atoms with Crippen LogP contribution in [0.1, 0.15) is 12.6 Å². The van der Waals surface area contributed by atoms with E-state index in [1.54, 1.807) is 6.20 Å². The third-order valence-electron chi connectivity index (χ3n) is 2.11. The van der Waals surface area contributed by atoms with E-state index in [0.717, 1.165) is 18.8 Å². The summed E-state index contributed by atoms with van der Waals surface area (Å²) in [6, 6.07) is 5.84. The van der Waals surface area contributed by atoms with Crippen LogP contribution in [0.4, 0.5) is 0 Å². The van der Waals surface area contributed by atoms with E-state index in [9.17, 15) is 0 Å². The summed E-state index contributed by atoms with van der Waals surface area (Å²) < 4.78 is 5.55. The van der Waals surface area contributed by atoms with Crippen LogP contribution >= 0.6 is 0 Å². The van der Waals surface area contributed by atoms with Gasteiger partial charge in [-0.05, 0) is 19.1 Å². The molecule has 0 amide bonds. The topological polar surface area (TPSA) is 34.2 Å². The van der Waals surface area contributed by atoms with Crippen LogP contribution in [-0.4, -0.2) is 18.1 Å². The molecule has 3 nitrogen and oxygen atoms in total. The van der Waals surface area contributed by atoms with Gasteiger partial charge in [0.25, 0.3) is 0 Å². The number of hydrogen-bond acceptors (Lipinski definition) is 3. The Morgan fingerprint density at radius 1 is 1.58 bits per heavy atom. The summed E-state index contributed by atoms with van der Waals surface area (Å²) in [5.74, 6) is 0. The van der Waals surface area contributed by atoms with E-state index in [0.29, 0.717) is 0 Å². The molecule has 12 heavy (non-hydrogen) atoms. The van der Waals surface area contributed by atoms with Crippen molar-refractivity contribution in [3.8, 4) is 0 Å². The lowest BCUT2D eigenvalue weighted by Crippen LogP contribution is -2.35. The Hall–Kier alpha value is -0.930. The van der Waals surface area contributed by atoms with E-state index in [1.165, 1.54) is 0 Å². The van der Waals surface area contributed by atoms with Crippen LogP contribution in [-0.2, 0) is 10.5 Å². The van der Waals surface area contributed by atoms with Gasteiger partial charge in [-0.25, -0.2) is 0 Å². The van der Waals surface area contributed by atoms with Gasteiger partial charge in [0, 0.05) is 12.7 Å². The van der Waals surface area contributed by atoms with Gasteiger partial charge < -0.3 is 4.74 Å². The van der Waals surface area contributed by atoms with Crippen LogP contribution in [0.25, 0.3) is 0 Å². The van der Waals surface area contributed by atoms with Gasteiger partial charge in [0.1, 0.15) is 0 Å². The third-order valence-corrected chi connectivity index (χ3v) is 2.11. The zero-order valence-electron chi connectivity index (χ0n) is 7.08. The van der Waals surface area contributed by atoms with Crippen molar-refractivity contribution < 1.29 is 4.74 Å². The first kappa shape index (κ1) is 7.71. The summed E-state index contributed by atoms with van der Waals surface area (Å²) >= 11 is 0. The first-order valence-electron chi connectivity index (χ1n) is 4.12. The molecule has 1 aromatic heterocycles. The van der Waals surface area contributed by atoms with Crippen molar-refractivity contribution in [3.05, 3.63) is 30.1 Å². The standard InChI is InChI=1S/C9H12N2O/c1-9(11-6-7-12-9)8-4-2-3-5-10-8/h2-5,11H,6-7H2,1H3. The molecule has 1 saturated heterocycles. The number of rotatable bonds is 1. The summed E-state index contributed by atoms with van der Waals surface area (Å²) in [5, 5.41) is 3.26. The second kappa shape index (κ2) is 2.84. The monoisotopic (exact) mass is 164 g/mol. The lowest BCUT2D eigenvalue weighted by atomic mass is 10.1. The largest absolute Gasteiger partial charge is 0.354 e. The zero-order chi connectivity index (χ0) is 8.44. The summed E-state index contributed by atoms with van der Waals surface area (Å²) in [6.45, 7) is 3.66. The SMILES string of the molecule is CC1(c2ccccn2)NCCO1. The van der Waals surface area contributed by atoms with Gasteiger partial charge in [0.2, 0.25) is 0 Å². The number of aromatic nitrogens is 1. The van der Waals surface area contributed by atoms with Crippen LogP contribution in [0.2, 0.25) is 0 Å². The molecule has 1 aliphatic rings. The van der Waals surface area contributed by atoms with Crippen LogP contribution in [0.5, 0.6) is 0 Å². The molecule has 0 aromatic carbocycles. The predicted molar refractivity (Wildman–Crippen MR) is 45.5 cm³/mol. The van der Waals surface area contributed by atoms with E-state index in [1.807, 2.05) is 25.1 Å². The van der Waals surface area contributed by atoms with Crippen LogP contribution in [0.3, 0.4) is 0 Å². The van der Waals surface area contributed by atoms with Crippen LogP contribution in [0, 0.1) is 0 Å². The van der Waals surface area contributed by atoms with Crippen molar-refractivity contribution >= 4 is 0 Å². The molecule has 0 saturated carbocycles. The third kappa shape index (κ3) is 1.21. The van der Waals surface area contributed by atoms with Crippen molar-refractivity contribution in [2.75, 3.05) is 13.2 Å². The summed E-state index contributed by atoms with van der Waals surface area (Å²) in [5.41, 5.74) is 0.573. The smallest absolute Gasteiger partial charge is 0.159 e. The molecular weight excluding hydrogens is 152 g/mol. The minimum atomic E-state index is -0.374. The highest BCUT2D eigenvalue weighted by Crippen LogP contribution is 2.22. The molecule has 1 fully saturated rings. The minimum Gasteiger partial charge on any atom is -0.354 e. The minimum absolute atomic E-state index is 0.374. The quantitative estimate of drug-likeness (QED) is 0.669. The van der Waals surface area contributed by atoms with E-state index < -0.39 is 0 Å². The maximum absolute atomic E-state index is 5.55. The molecule has 2 heterocycles. The average molecular weight is 164 g/mol. The molecule has 0 spiro atoms. The first-order valence-corrected chi connectivity index (χ1v) is 4.12. The van der Waals surface area contributed by atoms with E-state index in [4.69, 9.17) is 4.74 Å². The Morgan fingerprint density at radius 2 is 2.50 bits per heavy atom. The average Bonchev–Trinajstić information content (AvgIpc) is 2.55. The fourth-order valence-electron chi connectivity index (χ4n) is 1.41. The molecule has 1 N–H and O–H groups in total. The molecule has 1 aliphatic heterocycles.